The Balaban J connectivity index is 0. The highest BCUT2D eigenvalue weighted by molar-refractivity contribution is 7.16. The predicted octanol–water partition coefficient (Wildman–Crippen LogP) is 2.28. The number of nitrogens with two attached hydrogens (primary N) is 1. The summed E-state index contributed by atoms with van der Waals surface area (Å²) in [6.07, 6.45) is 0. The number of thiazole rings is 1. The van der Waals surface area contributed by atoms with Gasteiger partial charge >= 0.3 is 0 Å². The molecule has 0 unspecified atom stereocenters. The second-order valence-electron chi connectivity index (χ2n) is 2.54. The molecule has 3 nitrogen and oxygen atoms in total. The number of aromatic nitrogens is 1. The van der Waals surface area contributed by atoms with Crippen LogP contribution in [0.4, 0.5) is 0 Å². The molecule has 0 radical (unpaired) electrons. The Morgan fingerprint density at radius 2 is 1.80 bits per heavy atom. The standard InChI is InChI=1S/C8H9N3S.3ClH/c1-11-6-4-2-3-5-7(6)12-8(11)10-9;;;/h2-5H,9H2,1H3;3*1H. The molecule has 0 atom stereocenters. The summed E-state index contributed by atoms with van der Waals surface area (Å²) in [6, 6.07) is 8.14. The number of fused-ring (bicyclic) bond motifs is 1. The average Bonchev–Trinajstić information content (AvgIpc) is 2.44. The van der Waals surface area contributed by atoms with E-state index in [9.17, 15) is 0 Å². The van der Waals surface area contributed by atoms with Crippen molar-refractivity contribution in [3.05, 3.63) is 29.1 Å². The minimum atomic E-state index is 0. The van der Waals surface area contributed by atoms with Crippen molar-refractivity contribution in [2.24, 2.45) is 18.0 Å². The number of hydrogen-bond donors (Lipinski definition) is 1. The molecule has 0 aliphatic rings. The summed E-state index contributed by atoms with van der Waals surface area (Å²) in [4.78, 5) is 0.844. The highest BCUT2D eigenvalue weighted by atomic mass is 35.5. The molecule has 0 fully saturated rings. The Kier molecular flexibility index (Phi) is 7.88. The lowest BCUT2D eigenvalue weighted by Crippen LogP contribution is -2.11. The van der Waals surface area contributed by atoms with Gasteiger partial charge in [-0.25, -0.2) is 0 Å². The van der Waals surface area contributed by atoms with Gasteiger partial charge in [0.25, 0.3) is 0 Å². The van der Waals surface area contributed by atoms with Gasteiger partial charge < -0.3 is 10.4 Å². The molecule has 0 spiro atoms. The van der Waals surface area contributed by atoms with Crippen molar-refractivity contribution < 1.29 is 0 Å². The Hall–Kier alpha value is -0.420. The van der Waals surface area contributed by atoms with Crippen molar-refractivity contribution in [2.45, 2.75) is 0 Å². The van der Waals surface area contributed by atoms with Crippen molar-refractivity contribution in [1.29, 1.82) is 0 Å². The number of rotatable bonds is 0. The smallest absolute Gasteiger partial charge is 0.208 e. The first kappa shape index (κ1) is 17.0. The summed E-state index contributed by atoms with van der Waals surface area (Å²) < 4.78 is 3.20. The number of aryl methyl sites for hydroxylation is 1. The van der Waals surface area contributed by atoms with Gasteiger partial charge in [-0.3, -0.25) is 0 Å². The van der Waals surface area contributed by atoms with Crippen molar-refractivity contribution in [1.82, 2.24) is 4.57 Å². The molecule has 2 aromatic rings. The average molecular weight is 289 g/mol. The zero-order valence-electron chi connectivity index (χ0n) is 7.91. The fourth-order valence-electron chi connectivity index (χ4n) is 1.20. The number of benzene rings is 1. The van der Waals surface area contributed by atoms with Gasteiger partial charge in [0.05, 0.1) is 10.2 Å². The van der Waals surface area contributed by atoms with Crippen LogP contribution in [0.15, 0.2) is 29.4 Å². The second-order valence-corrected chi connectivity index (χ2v) is 3.55. The Morgan fingerprint density at radius 1 is 1.20 bits per heavy atom. The maximum absolute atomic E-state index is 5.23. The minimum Gasteiger partial charge on any atom is -0.320 e. The van der Waals surface area contributed by atoms with E-state index >= 15 is 0 Å². The van der Waals surface area contributed by atoms with Crippen LogP contribution in [-0.2, 0) is 7.05 Å². The Morgan fingerprint density at radius 3 is 2.33 bits per heavy atom. The first-order chi connectivity index (χ1) is 5.83. The molecule has 0 saturated heterocycles. The summed E-state index contributed by atoms with van der Waals surface area (Å²) >= 11 is 1.60. The van der Waals surface area contributed by atoms with Gasteiger partial charge in [-0.05, 0) is 12.1 Å². The maximum Gasteiger partial charge on any atom is 0.208 e. The number of halogens is 3. The quantitative estimate of drug-likeness (QED) is 0.586. The molecule has 0 amide bonds. The molecule has 2 rings (SSSR count). The maximum atomic E-state index is 5.23. The van der Waals surface area contributed by atoms with Gasteiger partial charge in [0, 0.05) is 7.05 Å². The van der Waals surface area contributed by atoms with Gasteiger partial charge in [0.2, 0.25) is 4.80 Å². The van der Waals surface area contributed by atoms with Gasteiger partial charge in [-0.15, -0.1) is 37.2 Å². The molecule has 1 heterocycles. The molecule has 1 aromatic carbocycles. The predicted molar refractivity (Wildman–Crippen MR) is 72.3 cm³/mol. The van der Waals surface area contributed by atoms with Crippen LogP contribution in [0.2, 0.25) is 0 Å². The normalized spacial score (nSPS) is 10.1. The van der Waals surface area contributed by atoms with Gasteiger partial charge in [0.15, 0.2) is 0 Å². The van der Waals surface area contributed by atoms with Crippen LogP contribution < -0.4 is 10.6 Å². The highest BCUT2D eigenvalue weighted by Gasteiger charge is 1.99. The molecule has 7 heteroatoms. The van der Waals surface area contributed by atoms with Crippen LogP contribution in [0.25, 0.3) is 10.2 Å². The van der Waals surface area contributed by atoms with Crippen LogP contribution in [-0.4, -0.2) is 4.57 Å². The van der Waals surface area contributed by atoms with Crippen LogP contribution in [0, 0.1) is 0 Å². The fraction of sp³-hybridized carbons (Fsp3) is 0.125. The summed E-state index contributed by atoms with van der Waals surface area (Å²) in [5.41, 5.74) is 1.17. The van der Waals surface area contributed by atoms with Crippen LogP contribution in [0.1, 0.15) is 0 Å². The van der Waals surface area contributed by atoms with Gasteiger partial charge in [-0.1, -0.05) is 23.5 Å². The highest BCUT2D eigenvalue weighted by Crippen LogP contribution is 2.14. The Labute approximate surface area is 110 Å². The third kappa shape index (κ3) is 3.01. The first-order valence-corrected chi connectivity index (χ1v) is 4.43. The third-order valence-corrected chi connectivity index (χ3v) is 2.95. The molecule has 15 heavy (non-hydrogen) atoms. The van der Waals surface area contributed by atoms with E-state index in [0.717, 1.165) is 4.80 Å². The monoisotopic (exact) mass is 287 g/mol. The number of nitrogens with zero attached hydrogens (tertiary/aromatic N) is 2. The second kappa shape index (κ2) is 6.95. The first-order valence-electron chi connectivity index (χ1n) is 3.61. The molecule has 2 N–H and O–H groups in total. The molecule has 0 bridgehead atoms. The summed E-state index contributed by atoms with van der Waals surface area (Å²) in [5, 5.41) is 3.69. The molecular weight excluding hydrogens is 277 g/mol. The molecule has 86 valence electrons. The van der Waals surface area contributed by atoms with Crippen molar-refractivity contribution in [3.8, 4) is 0 Å². The lowest BCUT2D eigenvalue weighted by Gasteiger charge is -1.91. The lowest BCUT2D eigenvalue weighted by molar-refractivity contribution is 0.888. The molecular formula is C8H12Cl3N3S. The third-order valence-electron chi connectivity index (χ3n) is 1.83. The van der Waals surface area contributed by atoms with E-state index in [4.69, 9.17) is 5.84 Å². The van der Waals surface area contributed by atoms with E-state index in [1.165, 1.54) is 10.2 Å². The van der Waals surface area contributed by atoms with Crippen LogP contribution >= 0.6 is 48.6 Å². The summed E-state index contributed by atoms with van der Waals surface area (Å²) in [7, 11) is 1.96. The number of para-hydroxylation sites is 1. The van der Waals surface area contributed by atoms with E-state index < -0.39 is 0 Å². The van der Waals surface area contributed by atoms with E-state index in [2.05, 4.69) is 17.2 Å². The van der Waals surface area contributed by atoms with Crippen LogP contribution in [0.5, 0.6) is 0 Å². The molecule has 0 saturated carbocycles. The van der Waals surface area contributed by atoms with E-state index in [-0.39, 0.29) is 37.2 Å². The van der Waals surface area contributed by atoms with Crippen LogP contribution in [0.3, 0.4) is 0 Å². The van der Waals surface area contributed by atoms with Crippen molar-refractivity contribution in [3.63, 3.8) is 0 Å². The van der Waals surface area contributed by atoms with E-state index in [1.54, 1.807) is 11.3 Å². The Bertz CT molecular complexity index is 477. The van der Waals surface area contributed by atoms with Crippen molar-refractivity contribution >= 4 is 58.8 Å². The molecule has 0 aliphatic heterocycles. The largest absolute Gasteiger partial charge is 0.320 e. The lowest BCUT2D eigenvalue weighted by atomic mass is 10.3. The summed E-state index contributed by atoms with van der Waals surface area (Å²) in [5.74, 6) is 5.23. The van der Waals surface area contributed by atoms with Gasteiger partial charge in [0.1, 0.15) is 0 Å². The topological polar surface area (TPSA) is 43.3 Å². The molecule has 1 aromatic heterocycles. The summed E-state index contributed by atoms with van der Waals surface area (Å²) in [6.45, 7) is 0. The van der Waals surface area contributed by atoms with Gasteiger partial charge in [-0.2, -0.15) is 5.10 Å². The SMILES string of the molecule is Cl.Cl.Cl.Cn1c(=NN)sc2ccccc21. The zero-order chi connectivity index (χ0) is 8.55. The zero-order valence-corrected chi connectivity index (χ0v) is 11.2. The fourth-order valence-corrected chi connectivity index (χ4v) is 2.14. The van der Waals surface area contributed by atoms with E-state index in [0.29, 0.717) is 0 Å². The van der Waals surface area contributed by atoms with E-state index in [1.807, 2.05) is 23.7 Å². The molecule has 0 aliphatic carbocycles. The minimum absolute atomic E-state index is 0. The number of hydrogen-bond acceptors (Lipinski definition) is 3. The van der Waals surface area contributed by atoms with Crippen molar-refractivity contribution in [2.75, 3.05) is 0 Å².